The Bertz CT molecular complexity index is 269. The summed E-state index contributed by atoms with van der Waals surface area (Å²) in [6.45, 7) is 2.26. The number of anilines is 1. The molecule has 0 spiro atoms. The maximum absolute atomic E-state index is 5.64. The van der Waals surface area contributed by atoms with E-state index in [9.17, 15) is 0 Å². The molecule has 1 nitrogen and oxygen atoms in total. The smallest absolute Gasteiger partial charge is 0.0314 e. The van der Waals surface area contributed by atoms with Crippen molar-refractivity contribution in [2.75, 3.05) is 17.2 Å². The zero-order valence-electron chi connectivity index (χ0n) is 10.2. The molecule has 2 heteroatoms. The van der Waals surface area contributed by atoms with Gasteiger partial charge < -0.3 is 5.73 Å². The van der Waals surface area contributed by atoms with Gasteiger partial charge in [-0.05, 0) is 42.0 Å². The summed E-state index contributed by atoms with van der Waals surface area (Å²) in [6, 6.07) is 8.24. The summed E-state index contributed by atoms with van der Waals surface area (Å²) in [5.41, 5.74) is 7.90. The van der Waals surface area contributed by atoms with E-state index in [1.54, 1.807) is 0 Å². The molecule has 1 aromatic carbocycles. The van der Waals surface area contributed by atoms with Crippen LogP contribution < -0.4 is 5.73 Å². The monoisotopic (exact) mass is 237 g/mol. The molecular weight excluding hydrogens is 214 g/mol. The lowest BCUT2D eigenvalue weighted by Crippen LogP contribution is -1.91. The predicted molar refractivity (Wildman–Crippen MR) is 76.0 cm³/mol. The molecule has 0 amide bonds. The van der Waals surface area contributed by atoms with Gasteiger partial charge in [0, 0.05) is 5.69 Å². The Labute approximate surface area is 104 Å². The van der Waals surface area contributed by atoms with Crippen molar-refractivity contribution in [3.05, 3.63) is 29.8 Å². The van der Waals surface area contributed by atoms with Crippen LogP contribution in [0.1, 0.15) is 38.2 Å². The number of aryl methyl sites for hydroxylation is 1. The third-order valence-electron chi connectivity index (χ3n) is 2.66. The van der Waals surface area contributed by atoms with Gasteiger partial charge >= 0.3 is 0 Å². The molecule has 2 N–H and O–H groups in total. The lowest BCUT2D eigenvalue weighted by molar-refractivity contribution is 0.706. The van der Waals surface area contributed by atoms with Crippen LogP contribution in [-0.2, 0) is 6.42 Å². The van der Waals surface area contributed by atoms with Crippen molar-refractivity contribution in [3.63, 3.8) is 0 Å². The van der Waals surface area contributed by atoms with E-state index in [2.05, 4.69) is 30.8 Å². The predicted octanol–water partition coefficient (Wildman–Crippen LogP) is 4.12. The van der Waals surface area contributed by atoms with Crippen molar-refractivity contribution in [1.82, 2.24) is 0 Å². The molecule has 0 bridgehead atoms. The fourth-order valence-electron chi connectivity index (χ4n) is 1.61. The maximum Gasteiger partial charge on any atom is 0.0314 e. The van der Waals surface area contributed by atoms with Crippen molar-refractivity contribution in [1.29, 1.82) is 0 Å². The van der Waals surface area contributed by atoms with Crippen molar-refractivity contribution in [2.45, 2.75) is 39.0 Å². The SMILES string of the molecule is CCCCCCSCCc1ccc(N)cc1. The van der Waals surface area contributed by atoms with Gasteiger partial charge in [-0.3, -0.25) is 0 Å². The minimum absolute atomic E-state index is 0.857. The van der Waals surface area contributed by atoms with Gasteiger partial charge in [0.05, 0.1) is 0 Å². The molecule has 0 radical (unpaired) electrons. The number of benzene rings is 1. The lowest BCUT2D eigenvalue weighted by Gasteiger charge is -2.02. The van der Waals surface area contributed by atoms with Crippen molar-refractivity contribution < 1.29 is 0 Å². The normalized spacial score (nSPS) is 10.6. The Kier molecular flexibility index (Phi) is 7.15. The van der Waals surface area contributed by atoms with Gasteiger partial charge in [0.1, 0.15) is 0 Å². The van der Waals surface area contributed by atoms with E-state index in [-0.39, 0.29) is 0 Å². The lowest BCUT2D eigenvalue weighted by atomic mass is 10.2. The topological polar surface area (TPSA) is 26.0 Å². The number of nitrogen functional groups attached to an aromatic ring is 1. The highest BCUT2D eigenvalue weighted by atomic mass is 32.2. The van der Waals surface area contributed by atoms with E-state index in [4.69, 9.17) is 5.73 Å². The van der Waals surface area contributed by atoms with Gasteiger partial charge in [-0.1, -0.05) is 38.3 Å². The highest BCUT2D eigenvalue weighted by Gasteiger charge is 1.94. The summed E-state index contributed by atoms with van der Waals surface area (Å²) < 4.78 is 0. The Morgan fingerprint density at radius 2 is 1.75 bits per heavy atom. The number of hydrogen-bond acceptors (Lipinski definition) is 2. The molecule has 0 fully saturated rings. The first kappa shape index (κ1) is 13.4. The van der Waals surface area contributed by atoms with Crippen LogP contribution in [0.2, 0.25) is 0 Å². The van der Waals surface area contributed by atoms with Crippen LogP contribution in [-0.4, -0.2) is 11.5 Å². The van der Waals surface area contributed by atoms with Crippen molar-refractivity contribution in [3.8, 4) is 0 Å². The molecule has 0 saturated heterocycles. The Morgan fingerprint density at radius 3 is 2.44 bits per heavy atom. The molecule has 90 valence electrons. The molecule has 0 atom stereocenters. The second-order valence-corrected chi connectivity index (χ2v) is 5.39. The van der Waals surface area contributed by atoms with Crippen LogP contribution >= 0.6 is 11.8 Å². The molecule has 0 aliphatic rings. The fraction of sp³-hybridized carbons (Fsp3) is 0.571. The van der Waals surface area contributed by atoms with Crippen LogP contribution in [0.3, 0.4) is 0 Å². The number of rotatable bonds is 8. The summed E-state index contributed by atoms with van der Waals surface area (Å²) in [7, 11) is 0. The molecule has 0 aliphatic carbocycles. The Morgan fingerprint density at radius 1 is 1.00 bits per heavy atom. The number of thioether (sulfide) groups is 1. The minimum atomic E-state index is 0.857. The number of hydrogen-bond donors (Lipinski definition) is 1. The fourth-order valence-corrected chi connectivity index (χ4v) is 2.60. The first-order valence-corrected chi connectivity index (χ1v) is 7.40. The molecule has 0 aliphatic heterocycles. The third kappa shape index (κ3) is 6.06. The molecule has 16 heavy (non-hydrogen) atoms. The zero-order valence-corrected chi connectivity index (χ0v) is 11.1. The average molecular weight is 237 g/mol. The van der Waals surface area contributed by atoms with Gasteiger partial charge in [-0.15, -0.1) is 0 Å². The molecule has 0 aromatic heterocycles. The summed E-state index contributed by atoms with van der Waals surface area (Å²) in [5, 5.41) is 0. The molecule has 0 heterocycles. The summed E-state index contributed by atoms with van der Waals surface area (Å²) in [6.07, 6.45) is 6.65. The van der Waals surface area contributed by atoms with Gasteiger partial charge in [-0.25, -0.2) is 0 Å². The van der Waals surface area contributed by atoms with E-state index in [1.165, 1.54) is 49.2 Å². The Balaban J connectivity index is 2.01. The van der Waals surface area contributed by atoms with Crippen LogP contribution in [0.5, 0.6) is 0 Å². The van der Waals surface area contributed by atoms with Gasteiger partial charge in [0.15, 0.2) is 0 Å². The van der Waals surface area contributed by atoms with Crippen LogP contribution in [0.25, 0.3) is 0 Å². The van der Waals surface area contributed by atoms with E-state index < -0.39 is 0 Å². The van der Waals surface area contributed by atoms with Crippen LogP contribution in [0, 0.1) is 0 Å². The average Bonchev–Trinajstić information content (AvgIpc) is 2.30. The van der Waals surface area contributed by atoms with Crippen LogP contribution in [0.4, 0.5) is 5.69 Å². The highest BCUT2D eigenvalue weighted by Crippen LogP contribution is 2.12. The molecule has 0 unspecified atom stereocenters. The minimum Gasteiger partial charge on any atom is -0.399 e. The van der Waals surface area contributed by atoms with Gasteiger partial charge in [-0.2, -0.15) is 11.8 Å². The second-order valence-electron chi connectivity index (χ2n) is 4.16. The van der Waals surface area contributed by atoms with E-state index in [1.807, 2.05) is 12.1 Å². The first-order valence-electron chi connectivity index (χ1n) is 6.25. The van der Waals surface area contributed by atoms with E-state index in [0.717, 1.165) is 5.69 Å². The van der Waals surface area contributed by atoms with Crippen molar-refractivity contribution >= 4 is 17.4 Å². The van der Waals surface area contributed by atoms with Crippen LogP contribution in [0.15, 0.2) is 24.3 Å². The molecule has 1 rings (SSSR count). The molecule has 1 aromatic rings. The standard InChI is InChI=1S/C14H23NS/c1-2-3-4-5-11-16-12-10-13-6-8-14(15)9-7-13/h6-9H,2-5,10-12,15H2,1H3. The molecular formula is C14H23NS. The zero-order chi connectivity index (χ0) is 11.6. The van der Waals surface area contributed by atoms with Gasteiger partial charge in [0.2, 0.25) is 0 Å². The van der Waals surface area contributed by atoms with E-state index >= 15 is 0 Å². The largest absolute Gasteiger partial charge is 0.399 e. The Hall–Kier alpha value is -0.630. The third-order valence-corrected chi connectivity index (χ3v) is 3.73. The van der Waals surface area contributed by atoms with Crippen molar-refractivity contribution in [2.24, 2.45) is 0 Å². The molecule has 0 saturated carbocycles. The summed E-state index contributed by atoms with van der Waals surface area (Å²) in [4.78, 5) is 0. The van der Waals surface area contributed by atoms with E-state index in [0.29, 0.717) is 0 Å². The highest BCUT2D eigenvalue weighted by molar-refractivity contribution is 7.99. The summed E-state index contributed by atoms with van der Waals surface area (Å²) in [5.74, 6) is 2.55. The maximum atomic E-state index is 5.64. The first-order chi connectivity index (χ1) is 7.83. The number of nitrogens with two attached hydrogens (primary N) is 1. The second kappa shape index (κ2) is 8.51. The number of unbranched alkanes of at least 4 members (excludes halogenated alkanes) is 3. The quantitative estimate of drug-likeness (QED) is 0.543. The summed E-state index contributed by atoms with van der Waals surface area (Å²) >= 11 is 2.07. The van der Waals surface area contributed by atoms with Gasteiger partial charge in [0.25, 0.3) is 0 Å².